The molecule has 3 aliphatic rings. The molecule has 166 valence electrons. The van der Waals surface area contributed by atoms with E-state index in [0.717, 1.165) is 24.7 Å². The van der Waals surface area contributed by atoms with Crippen LogP contribution in [-0.2, 0) is 9.53 Å². The number of carbonyl (C=O) groups is 1. The van der Waals surface area contributed by atoms with Crippen molar-refractivity contribution in [1.82, 2.24) is 10.6 Å². The van der Waals surface area contributed by atoms with Crippen LogP contribution in [0.25, 0.3) is 0 Å². The van der Waals surface area contributed by atoms with Crippen LogP contribution < -0.4 is 16.0 Å². The second kappa shape index (κ2) is 10.3. The Hall–Kier alpha value is -1.35. The Morgan fingerprint density at radius 3 is 2.77 bits per heavy atom. The lowest BCUT2D eigenvalue weighted by atomic mass is 9.55. The van der Waals surface area contributed by atoms with Gasteiger partial charge in [-0.05, 0) is 37.8 Å². The van der Waals surface area contributed by atoms with E-state index in [1.54, 1.807) is 0 Å². The Kier molecular flexibility index (Phi) is 8.01. The molecule has 0 bridgehead atoms. The van der Waals surface area contributed by atoms with Crippen molar-refractivity contribution in [3.8, 4) is 0 Å². The fraction of sp³-hybridized carbons (Fsp3) is 0.652. The lowest BCUT2D eigenvalue weighted by molar-refractivity contribution is -0.145. The van der Waals surface area contributed by atoms with Gasteiger partial charge in [-0.25, -0.2) is 0 Å². The first-order chi connectivity index (χ1) is 14.2. The number of benzene rings is 1. The molecule has 0 aromatic heterocycles. The Bertz CT molecular complexity index is 763. The standard InChI is InChI=1S/C23H34N4O2.HI/c1-3-29-20-14-19(23(20)11-7-4-8-12-23)27-22(24-2)25-15-16-13-21(28)26-18-10-6-5-9-17(16)18;/h5-6,9-10,16,19-20H,3-4,7-8,11-15H2,1-2H3,(H,26,28)(H2,24,25,27);1H. The van der Waals surface area contributed by atoms with Crippen molar-refractivity contribution in [2.45, 2.75) is 69.9 Å². The maximum Gasteiger partial charge on any atom is 0.225 e. The van der Waals surface area contributed by atoms with Gasteiger partial charge in [0.25, 0.3) is 0 Å². The number of carbonyl (C=O) groups excluding carboxylic acids is 1. The van der Waals surface area contributed by atoms with Gasteiger partial charge in [-0.3, -0.25) is 9.79 Å². The summed E-state index contributed by atoms with van der Waals surface area (Å²) in [5, 5.41) is 10.1. The molecule has 30 heavy (non-hydrogen) atoms. The van der Waals surface area contributed by atoms with E-state index < -0.39 is 0 Å². The molecule has 1 amide bonds. The molecule has 2 saturated carbocycles. The molecule has 3 atom stereocenters. The van der Waals surface area contributed by atoms with E-state index in [1.807, 2.05) is 25.2 Å². The van der Waals surface area contributed by atoms with E-state index in [2.05, 4.69) is 33.9 Å². The quantitative estimate of drug-likeness (QED) is 0.308. The van der Waals surface area contributed by atoms with Crippen LogP contribution in [0.1, 0.15) is 63.4 Å². The summed E-state index contributed by atoms with van der Waals surface area (Å²) in [5.74, 6) is 1.07. The molecule has 1 spiro atoms. The second-order valence-corrected chi connectivity index (χ2v) is 8.66. The Morgan fingerprint density at radius 2 is 2.03 bits per heavy atom. The zero-order valence-corrected chi connectivity index (χ0v) is 20.4. The van der Waals surface area contributed by atoms with Gasteiger partial charge in [0.2, 0.25) is 5.91 Å². The molecule has 0 saturated heterocycles. The van der Waals surface area contributed by atoms with Gasteiger partial charge in [-0.15, -0.1) is 24.0 Å². The van der Waals surface area contributed by atoms with Gasteiger partial charge >= 0.3 is 0 Å². The van der Waals surface area contributed by atoms with E-state index in [-0.39, 0.29) is 41.2 Å². The number of nitrogens with one attached hydrogen (secondary N) is 3. The zero-order chi connectivity index (χ0) is 20.3. The summed E-state index contributed by atoms with van der Waals surface area (Å²) < 4.78 is 6.08. The zero-order valence-electron chi connectivity index (χ0n) is 18.1. The number of para-hydroxylation sites is 1. The van der Waals surface area contributed by atoms with Crippen LogP contribution in [-0.4, -0.2) is 44.2 Å². The third-order valence-corrected chi connectivity index (χ3v) is 7.09. The van der Waals surface area contributed by atoms with Gasteiger partial charge in [0.1, 0.15) is 0 Å². The molecular weight excluding hydrogens is 491 g/mol. The molecule has 1 heterocycles. The first-order valence-electron chi connectivity index (χ1n) is 11.1. The van der Waals surface area contributed by atoms with Gasteiger partial charge in [0.15, 0.2) is 5.96 Å². The smallest absolute Gasteiger partial charge is 0.225 e. The number of halogens is 1. The summed E-state index contributed by atoms with van der Waals surface area (Å²) in [7, 11) is 1.82. The summed E-state index contributed by atoms with van der Waals surface area (Å²) in [6.07, 6.45) is 8.32. The van der Waals surface area contributed by atoms with Gasteiger partial charge < -0.3 is 20.7 Å². The van der Waals surface area contributed by atoms with Crippen LogP contribution in [0.5, 0.6) is 0 Å². The van der Waals surface area contributed by atoms with Gasteiger partial charge in [-0.1, -0.05) is 37.5 Å². The summed E-state index contributed by atoms with van der Waals surface area (Å²) in [6.45, 7) is 3.57. The molecule has 3 N–H and O–H groups in total. The molecule has 0 radical (unpaired) electrons. The highest BCUT2D eigenvalue weighted by Gasteiger charge is 2.55. The third kappa shape index (κ3) is 4.61. The normalized spacial score (nSPS) is 27.3. The molecule has 1 aliphatic heterocycles. The largest absolute Gasteiger partial charge is 0.378 e. The fourth-order valence-electron chi connectivity index (χ4n) is 5.53. The van der Waals surface area contributed by atoms with Gasteiger partial charge in [0.05, 0.1) is 6.10 Å². The van der Waals surface area contributed by atoms with Crippen LogP contribution in [0, 0.1) is 5.41 Å². The third-order valence-electron chi connectivity index (χ3n) is 7.09. The van der Waals surface area contributed by atoms with Crippen LogP contribution >= 0.6 is 24.0 Å². The van der Waals surface area contributed by atoms with Crippen molar-refractivity contribution < 1.29 is 9.53 Å². The van der Waals surface area contributed by atoms with Gasteiger partial charge in [0, 0.05) is 49.7 Å². The maximum atomic E-state index is 12.1. The minimum Gasteiger partial charge on any atom is -0.378 e. The van der Waals surface area contributed by atoms with Crippen LogP contribution in [0.15, 0.2) is 29.3 Å². The van der Waals surface area contributed by atoms with Crippen LogP contribution in [0.4, 0.5) is 5.69 Å². The minimum absolute atomic E-state index is 0. The predicted octanol–water partition coefficient (Wildman–Crippen LogP) is 4.02. The summed E-state index contributed by atoms with van der Waals surface area (Å²) in [4.78, 5) is 16.6. The Labute approximate surface area is 197 Å². The first-order valence-corrected chi connectivity index (χ1v) is 11.1. The molecule has 6 nitrogen and oxygen atoms in total. The monoisotopic (exact) mass is 526 g/mol. The second-order valence-electron chi connectivity index (χ2n) is 8.66. The van der Waals surface area contributed by atoms with Crippen molar-refractivity contribution in [2.24, 2.45) is 10.4 Å². The predicted molar refractivity (Wildman–Crippen MR) is 132 cm³/mol. The molecule has 1 aromatic carbocycles. The SMILES string of the molecule is CCOC1CC(NC(=NC)NCC2CC(=O)Nc3ccccc32)C12CCCCC2.I. The number of hydrogen-bond acceptors (Lipinski definition) is 3. The van der Waals surface area contributed by atoms with Crippen molar-refractivity contribution in [1.29, 1.82) is 0 Å². The topological polar surface area (TPSA) is 74.8 Å². The lowest BCUT2D eigenvalue weighted by Gasteiger charge is -2.58. The number of amides is 1. The van der Waals surface area contributed by atoms with E-state index in [9.17, 15) is 4.79 Å². The fourth-order valence-corrected chi connectivity index (χ4v) is 5.53. The first kappa shape index (κ1) is 23.3. The number of aliphatic imine (C=N–C) groups is 1. The number of ether oxygens (including phenoxy) is 1. The van der Waals surface area contributed by atoms with Gasteiger partial charge in [-0.2, -0.15) is 0 Å². The highest BCUT2D eigenvalue weighted by molar-refractivity contribution is 14.0. The highest BCUT2D eigenvalue weighted by atomic mass is 127. The lowest BCUT2D eigenvalue weighted by Crippen LogP contribution is -2.66. The average Bonchev–Trinajstić information content (AvgIpc) is 2.75. The summed E-state index contributed by atoms with van der Waals surface area (Å²) >= 11 is 0. The molecule has 1 aromatic rings. The van der Waals surface area contributed by atoms with Crippen LogP contribution in [0.2, 0.25) is 0 Å². The van der Waals surface area contributed by atoms with Crippen molar-refractivity contribution >= 4 is 41.5 Å². The molecule has 3 unspecified atom stereocenters. The number of rotatable bonds is 5. The highest BCUT2D eigenvalue weighted by Crippen LogP contribution is 2.53. The van der Waals surface area contributed by atoms with Crippen LogP contribution in [0.3, 0.4) is 0 Å². The van der Waals surface area contributed by atoms with Crippen molar-refractivity contribution in [2.75, 3.05) is 25.5 Å². The number of hydrogen-bond donors (Lipinski definition) is 3. The number of fused-ring (bicyclic) bond motifs is 1. The number of nitrogens with zero attached hydrogens (tertiary/aromatic N) is 1. The summed E-state index contributed by atoms with van der Waals surface area (Å²) in [5.41, 5.74) is 2.38. The molecular formula is C23H35IN4O2. The number of anilines is 1. The summed E-state index contributed by atoms with van der Waals surface area (Å²) in [6, 6.07) is 8.48. The maximum absolute atomic E-state index is 12.1. The molecule has 4 rings (SSSR count). The Morgan fingerprint density at radius 1 is 1.27 bits per heavy atom. The van der Waals surface area contributed by atoms with E-state index in [1.165, 1.54) is 37.7 Å². The minimum atomic E-state index is 0. The average molecular weight is 526 g/mol. The van der Waals surface area contributed by atoms with E-state index >= 15 is 0 Å². The number of guanidine groups is 1. The van der Waals surface area contributed by atoms with E-state index in [4.69, 9.17) is 4.74 Å². The Balaban J connectivity index is 0.00000256. The van der Waals surface area contributed by atoms with Crippen molar-refractivity contribution in [3.63, 3.8) is 0 Å². The molecule has 7 heteroatoms. The molecule has 2 fully saturated rings. The molecule has 2 aliphatic carbocycles. The van der Waals surface area contributed by atoms with Crippen molar-refractivity contribution in [3.05, 3.63) is 29.8 Å². The van der Waals surface area contributed by atoms with E-state index in [0.29, 0.717) is 25.1 Å².